The molecule has 132 valence electrons. The van der Waals surface area contributed by atoms with Gasteiger partial charge in [0.05, 0.1) is 5.56 Å². The van der Waals surface area contributed by atoms with Crippen LogP contribution in [0.25, 0.3) is 0 Å². The van der Waals surface area contributed by atoms with Gasteiger partial charge in [-0.3, -0.25) is 0 Å². The highest BCUT2D eigenvalue weighted by molar-refractivity contribution is 5.91. The number of rotatable bonds is 3. The Morgan fingerprint density at radius 2 is 1.50 bits per heavy atom. The van der Waals surface area contributed by atoms with Gasteiger partial charge in [-0.2, -0.15) is 0 Å². The zero-order valence-electron chi connectivity index (χ0n) is 11.8. The molecule has 5 atom stereocenters. The van der Waals surface area contributed by atoms with Crippen LogP contribution in [0, 0.1) is 0 Å². The van der Waals surface area contributed by atoms with Crippen molar-refractivity contribution in [2.24, 2.45) is 0 Å². The van der Waals surface area contributed by atoms with Crippen molar-refractivity contribution < 1.29 is 54.8 Å². The van der Waals surface area contributed by atoms with Gasteiger partial charge in [-0.15, -0.1) is 0 Å². The van der Waals surface area contributed by atoms with Crippen LogP contribution in [0.1, 0.15) is 10.4 Å². The van der Waals surface area contributed by atoms with Gasteiger partial charge in [-0.05, 0) is 12.1 Å². The summed E-state index contributed by atoms with van der Waals surface area (Å²) >= 11 is 0. The van der Waals surface area contributed by atoms with Crippen LogP contribution in [-0.2, 0) is 14.3 Å². The number of aliphatic carboxylic acids is 1. The fourth-order valence-corrected chi connectivity index (χ4v) is 2.04. The molecule has 0 amide bonds. The Balaban J connectivity index is 2.20. The Hall–Kier alpha value is -2.60. The van der Waals surface area contributed by atoms with Crippen molar-refractivity contribution in [2.45, 2.75) is 30.7 Å². The number of benzene rings is 1. The third kappa shape index (κ3) is 3.19. The largest absolute Gasteiger partial charge is 0.504 e. The molecular weight excluding hydrogens is 332 g/mol. The number of phenols is 3. The van der Waals surface area contributed by atoms with Crippen molar-refractivity contribution >= 4 is 11.9 Å². The second-order valence-corrected chi connectivity index (χ2v) is 5.00. The quantitative estimate of drug-likeness (QED) is 0.233. The second-order valence-electron chi connectivity index (χ2n) is 5.00. The Kier molecular flexibility index (Phi) is 4.80. The maximum Gasteiger partial charge on any atom is 0.340 e. The number of hydrogen-bond acceptors (Lipinski definition) is 10. The summed E-state index contributed by atoms with van der Waals surface area (Å²) in [7, 11) is 0. The summed E-state index contributed by atoms with van der Waals surface area (Å²) in [5.41, 5.74) is -0.453. The summed E-state index contributed by atoms with van der Waals surface area (Å²) in [5, 5.41) is 65.5. The second kappa shape index (κ2) is 6.49. The maximum absolute atomic E-state index is 11.9. The van der Waals surface area contributed by atoms with E-state index in [1.807, 2.05) is 0 Å². The molecule has 0 saturated carbocycles. The minimum absolute atomic E-state index is 0.453. The Morgan fingerprint density at radius 3 is 2.00 bits per heavy atom. The molecule has 11 heteroatoms. The van der Waals surface area contributed by atoms with Crippen LogP contribution in [0.3, 0.4) is 0 Å². The fraction of sp³-hybridized carbons (Fsp3) is 0.385. The molecule has 7 N–H and O–H groups in total. The standard InChI is InChI=1S/C13H14O11/c14-4-1-3(2-5(15)6(4)16)12(22)24-13-9(19)7(17)8(18)10(23-13)11(20)21/h1-2,7-10,13-19H,(H,20,21). The van der Waals surface area contributed by atoms with Gasteiger partial charge in [0.1, 0.15) is 18.3 Å². The summed E-state index contributed by atoms with van der Waals surface area (Å²) in [6.45, 7) is 0. The highest BCUT2D eigenvalue weighted by Crippen LogP contribution is 2.35. The van der Waals surface area contributed by atoms with E-state index in [9.17, 15) is 40.2 Å². The minimum atomic E-state index is -1.96. The predicted octanol–water partition coefficient (Wildman–Crippen LogP) is -2.15. The average Bonchev–Trinajstić information content (AvgIpc) is 2.52. The smallest absolute Gasteiger partial charge is 0.340 e. The van der Waals surface area contributed by atoms with Crippen LogP contribution >= 0.6 is 0 Å². The lowest BCUT2D eigenvalue weighted by Gasteiger charge is -2.37. The third-order valence-electron chi connectivity index (χ3n) is 3.34. The molecule has 11 nitrogen and oxygen atoms in total. The monoisotopic (exact) mass is 346 g/mol. The van der Waals surface area contributed by atoms with Crippen LogP contribution in [0.15, 0.2) is 12.1 Å². The lowest BCUT2D eigenvalue weighted by molar-refractivity contribution is -0.278. The van der Waals surface area contributed by atoms with Gasteiger partial charge in [0.15, 0.2) is 23.4 Å². The molecule has 1 aliphatic rings. The first-order valence-electron chi connectivity index (χ1n) is 6.52. The first kappa shape index (κ1) is 17.7. The SMILES string of the molecule is O=C(OC1OC(C(=O)O)C(O)C(O)C1O)c1cc(O)c(O)c(O)c1. The predicted molar refractivity (Wildman–Crippen MR) is 71.2 cm³/mol. The number of carbonyl (C=O) groups is 2. The van der Waals surface area contributed by atoms with Crippen LogP contribution in [0.2, 0.25) is 0 Å². The van der Waals surface area contributed by atoms with Crippen LogP contribution in [0.4, 0.5) is 0 Å². The number of phenolic OH excluding ortho intramolecular Hbond substituents is 3. The summed E-state index contributed by atoms with van der Waals surface area (Å²) in [6, 6.07) is 1.49. The minimum Gasteiger partial charge on any atom is -0.504 e. The van der Waals surface area contributed by atoms with Gasteiger partial charge in [-0.1, -0.05) is 0 Å². The number of hydrogen-bond donors (Lipinski definition) is 7. The molecule has 0 aromatic heterocycles. The molecule has 1 saturated heterocycles. The molecule has 1 aromatic rings. The molecule has 1 fully saturated rings. The average molecular weight is 346 g/mol. The Bertz CT molecular complexity index is 634. The van der Waals surface area contributed by atoms with Gasteiger partial charge in [0.2, 0.25) is 6.29 Å². The van der Waals surface area contributed by atoms with E-state index in [1.54, 1.807) is 0 Å². The Labute approximate surface area is 133 Å². The van der Waals surface area contributed by atoms with E-state index in [0.29, 0.717) is 0 Å². The van der Waals surface area contributed by atoms with E-state index in [0.717, 1.165) is 12.1 Å². The zero-order chi connectivity index (χ0) is 18.2. The first-order valence-corrected chi connectivity index (χ1v) is 6.52. The zero-order valence-corrected chi connectivity index (χ0v) is 11.8. The van der Waals surface area contributed by atoms with Crippen molar-refractivity contribution in [3.63, 3.8) is 0 Å². The summed E-state index contributed by atoms with van der Waals surface area (Å²) in [4.78, 5) is 22.9. The summed E-state index contributed by atoms with van der Waals surface area (Å²) in [5.74, 6) is -5.45. The van der Waals surface area contributed by atoms with E-state index >= 15 is 0 Å². The van der Waals surface area contributed by atoms with Crippen LogP contribution in [0.5, 0.6) is 17.2 Å². The lowest BCUT2D eigenvalue weighted by Crippen LogP contribution is -2.60. The van der Waals surface area contributed by atoms with Crippen LogP contribution < -0.4 is 0 Å². The molecule has 0 aliphatic carbocycles. The normalized spacial score (nSPS) is 29.9. The molecule has 0 bridgehead atoms. The van der Waals surface area contributed by atoms with Crippen molar-refractivity contribution in [3.8, 4) is 17.2 Å². The third-order valence-corrected chi connectivity index (χ3v) is 3.34. The van der Waals surface area contributed by atoms with Gasteiger partial charge in [-0.25, -0.2) is 9.59 Å². The number of aliphatic hydroxyl groups excluding tert-OH is 3. The van der Waals surface area contributed by atoms with Gasteiger partial charge in [0.25, 0.3) is 0 Å². The fourth-order valence-electron chi connectivity index (χ4n) is 2.04. The van der Waals surface area contributed by atoms with E-state index in [2.05, 4.69) is 4.74 Å². The van der Waals surface area contributed by atoms with Gasteiger partial charge in [0, 0.05) is 0 Å². The van der Waals surface area contributed by atoms with Crippen molar-refractivity contribution in [3.05, 3.63) is 17.7 Å². The first-order chi connectivity index (χ1) is 11.1. The highest BCUT2D eigenvalue weighted by Gasteiger charge is 2.48. The van der Waals surface area contributed by atoms with E-state index in [-0.39, 0.29) is 0 Å². The number of carbonyl (C=O) groups excluding carboxylic acids is 1. The molecule has 24 heavy (non-hydrogen) atoms. The summed E-state index contributed by atoms with van der Waals surface area (Å²) < 4.78 is 9.43. The molecule has 1 aromatic carbocycles. The topological polar surface area (TPSA) is 194 Å². The van der Waals surface area contributed by atoms with Crippen LogP contribution in [-0.4, -0.2) is 78.4 Å². The molecule has 5 unspecified atom stereocenters. The number of ether oxygens (including phenoxy) is 2. The molecule has 0 spiro atoms. The molecule has 1 heterocycles. The Morgan fingerprint density at radius 1 is 0.958 bits per heavy atom. The molecule has 2 rings (SSSR count). The number of aromatic hydroxyl groups is 3. The molecule has 1 aliphatic heterocycles. The van der Waals surface area contributed by atoms with Gasteiger partial charge >= 0.3 is 11.9 Å². The van der Waals surface area contributed by atoms with E-state index in [4.69, 9.17) is 9.84 Å². The number of aliphatic hydroxyl groups is 3. The molecule has 0 radical (unpaired) electrons. The lowest BCUT2D eigenvalue weighted by atomic mass is 9.99. The highest BCUT2D eigenvalue weighted by atomic mass is 16.7. The van der Waals surface area contributed by atoms with Crippen molar-refractivity contribution in [1.29, 1.82) is 0 Å². The van der Waals surface area contributed by atoms with Crippen molar-refractivity contribution in [1.82, 2.24) is 0 Å². The maximum atomic E-state index is 11.9. The molecular formula is C13H14O11. The van der Waals surface area contributed by atoms with Gasteiger partial charge < -0.3 is 45.2 Å². The number of carboxylic acids is 1. The number of carboxylic acid groups (broad SMARTS) is 1. The van der Waals surface area contributed by atoms with E-state index in [1.165, 1.54) is 0 Å². The van der Waals surface area contributed by atoms with E-state index < -0.39 is 65.5 Å². The summed E-state index contributed by atoms with van der Waals surface area (Å²) in [6.07, 6.45) is -9.75. The van der Waals surface area contributed by atoms with Crippen molar-refractivity contribution in [2.75, 3.05) is 0 Å². The number of esters is 1.